The topological polar surface area (TPSA) is 342 Å². The standard InChI is InChI=1S/C12H10O3.C11H7BrO2.2C11H8O3.C11H8O2.C11H8O.C7H6O4/c13-6-8-1-3-10-9(7-14)2-4-12(15)11(10)5-8;12-10-3-4-11(14)9-5-7(6-13)1-2-8(9)10;12-6-7-3-8-1-2-9(13)5-10(8)11(14)4-7;12-6-7-1-2-8-9(5-7)11(14)4-3-10(8)13;12-7-8-1-2-10-6-11(13)4-3-9(10)5-8;12-8-9-5-6-10-3-1-2-4-11(10)7-9;8-3-4-1-5(9)2-6(10)7(4)11/h1-6,14-15H,7H2;1-6,14H;2*1-6,13-14H;1-7,13H;1-8H;1-3,9-11H. The molecule has 0 spiro atoms. The Bertz CT molecular complexity index is 4830. The van der Waals surface area contributed by atoms with Crippen molar-refractivity contribution in [2.24, 2.45) is 0 Å². The van der Waals surface area contributed by atoms with Crippen LogP contribution in [0.1, 0.15) is 78.1 Å². The van der Waals surface area contributed by atoms with Gasteiger partial charge < -0.3 is 56.2 Å². The fraction of sp³-hybridized carbons (Fsp3) is 0.0135. The first-order valence-corrected chi connectivity index (χ1v) is 28.3. The Morgan fingerprint density at radius 3 is 1.24 bits per heavy atom. The summed E-state index contributed by atoms with van der Waals surface area (Å²) in [6.45, 7) is -0.0861. The molecule has 0 saturated carbocycles. The van der Waals surface area contributed by atoms with Gasteiger partial charge in [-0.15, -0.1) is 0 Å². The summed E-state index contributed by atoms with van der Waals surface area (Å²) in [7, 11) is 0. The van der Waals surface area contributed by atoms with Gasteiger partial charge in [-0.2, -0.15) is 0 Å². The van der Waals surface area contributed by atoms with Gasteiger partial charge in [-0.25, -0.2) is 0 Å². The van der Waals surface area contributed by atoms with Crippen LogP contribution in [0.3, 0.4) is 0 Å². The Morgan fingerprint density at radius 1 is 0.269 bits per heavy atom. The van der Waals surface area contributed by atoms with Gasteiger partial charge in [0.1, 0.15) is 83.7 Å². The van der Waals surface area contributed by atoms with Crippen molar-refractivity contribution in [3.8, 4) is 57.5 Å². The van der Waals surface area contributed by atoms with E-state index in [-0.39, 0.29) is 58.2 Å². The highest BCUT2D eigenvalue weighted by atomic mass is 79.9. The first-order valence-electron chi connectivity index (χ1n) is 27.6. The van der Waals surface area contributed by atoms with Crippen LogP contribution in [0, 0.1) is 0 Å². The largest absolute Gasteiger partial charge is 0.508 e. The number of rotatable bonds is 8. The number of phenols is 10. The molecule has 11 N–H and O–H groups in total. The predicted octanol–water partition coefficient (Wildman–Crippen LogP) is 14.7. The van der Waals surface area contributed by atoms with Gasteiger partial charge in [-0.05, 0) is 152 Å². The fourth-order valence-electron chi connectivity index (χ4n) is 9.16. The van der Waals surface area contributed by atoms with E-state index in [9.17, 15) is 69.3 Å². The Morgan fingerprint density at radius 2 is 0.677 bits per heavy atom. The molecule has 93 heavy (non-hydrogen) atoms. The van der Waals surface area contributed by atoms with Crippen LogP contribution in [0.15, 0.2) is 217 Å². The molecule has 13 aromatic carbocycles. The lowest BCUT2D eigenvalue weighted by Crippen LogP contribution is -1.88. The maximum Gasteiger partial charge on any atom is 0.168 e. The molecule has 0 amide bonds. The van der Waals surface area contributed by atoms with Gasteiger partial charge in [0.2, 0.25) is 0 Å². The summed E-state index contributed by atoms with van der Waals surface area (Å²) in [5, 5.41) is 111. The molecule has 0 aromatic heterocycles. The van der Waals surface area contributed by atoms with Crippen molar-refractivity contribution < 1.29 is 89.7 Å². The van der Waals surface area contributed by atoms with Crippen molar-refractivity contribution in [2.45, 2.75) is 6.61 Å². The second-order valence-corrected chi connectivity index (χ2v) is 20.9. The number of halogens is 1. The van der Waals surface area contributed by atoms with Crippen LogP contribution in [-0.2, 0) is 6.61 Å². The van der Waals surface area contributed by atoms with Gasteiger partial charge in [0.25, 0.3) is 0 Å². The van der Waals surface area contributed by atoms with E-state index in [1.807, 2.05) is 54.6 Å². The van der Waals surface area contributed by atoms with Gasteiger partial charge in [0.15, 0.2) is 17.8 Å². The van der Waals surface area contributed by atoms with E-state index in [0.717, 1.165) is 85.2 Å². The number of benzene rings is 13. The van der Waals surface area contributed by atoms with Crippen molar-refractivity contribution in [3.63, 3.8) is 0 Å². The summed E-state index contributed by atoms with van der Waals surface area (Å²) in [5.74, 6) is -0.500. The molecule has 0 fully saturated rings. The van der Waals surface area contributed by atoms with Crippen LogP contribution < -0.4 is 0 Å². The van der Waals surface area contributed by atoms with Crippen LogP contribution >= 0.6 is 15.9 Å². The third-order valence-corrected chi connectivity index (χ3v) is 14.5. The van der Waals surface area contributed by atoms with E-state index in [4.69, 9.17) is 20.4 Å². The van der Waals surface area contributed by atoms with E-state index in [0.29, 0.717) is 73.6 Å². The van der Waals surface area contributed by atoms with Crippen LogP contribution in [0.5, 0.6) is 57.5 Å². The molecular formula is C74H55BrO18. The number of carbonyl (C=O) groups excluding carboxylic acids is 7. The van der Waals surface area contributed by atoms with Crippen molar-refractivity contribution in [3.05, 3.63) is 261 Å². The number of hydrogen-bond acceptors (Lipinski definition) is 18. The van der Waals surface area contributed by atoms with E-state index >= 15 is 0 Å². The third kappa shape index (κ3) is 17.7. The number of aldehydes is 7. The fourth-order valence-corrected chi connectivity index (χ4v) is 9.64. The maximum absolute atomic E-state index is 10.6. The van der Waals surface area contributed by atoms with Crippen molar-refractivity contribution in [1.82, 2.24) is 0 Å². The molecule has 0 radical (unpaired) electrons. The molecule has 18 nitrogen and oxygen atoms in total. The van der Waals surface area contributed by atoms with Gasteiger partial charge in [0, 0.05) is 70.9 Å². The second kappa shape index (κ2) is 32.2. The number of aliphatic hydroxyl groups is 1. The normalized spacial score (nSPS) is 10.2. The molecule has 19 heteroatoms. The molecule has 0 aliphatic rings. The first-order chi connectivity index (χ1) is 44.7. The van der Waals surface area contributed by atoms with Crippen LogP contribution in [0.25, 0.3) is 64.6 Å². The average molecular weight is 1310 g/mol. The molecule has 0 heterocycles. The lowest BCUT2D eigenvalue weighted by molar-refractivity contribution is 0.111. The third-order valence-electron chi connectivity index (χ3n) is 13.8. The lowest BCUT2D eigenvalue weighted by atomic mass is 10.0. The highest BCUT2D eigenvalue weighted by Crippen LogP contribution is 2.35. The Hall–Kier alpha value is -12.5. The number of carbonyl (C=O) groups is 7. The Balaban J connectivity index is 0.000000154. The summed E-state index contributed by atoms with van der Waals surface area (Å²) >= 11 is 3.38. The van der Waals surface area contributed by atoms with Crippen LogP contribution in [0.4, 0.5) is 0 Å². The quantitative estimate of drug-likeness (QED) is 0.0382. The average Bonchev–Trinajstić information content (AvgIpc) is 0.895. The van der Waals surface area contributed by atoms with E-state index in [1.54, 1.807) is 103 Å². The maximum atomic E-state index is 10.6. The molecular weight excluding hydrogens is 1260 g/mol. The summed E-state index contributed by atoms with van der Waals surface area (Å²) < 4.78 is 0.905. The molecule has 0 atom stereocenters. The van der Waals surface area contributed by atoms with Gasteiger partial charge in [-0.1, -0.05) is 113 Å². The summed E-state index contributed by atoms with van der Waals surface area (Å²) in [4.78, 5) is 73.2. The molecule has 13 rings (SSSR count). The van der Waals surface area contributed by atoms with Crippen molar-refractivity contribution in [1.29, 1.82) is 0 Å². The SMILES string of the molecule is O=Cc1cc(O)c2cc(O)ccc2c1.O=Cc1cc(O)cc(O)c1O.O=Cc1ccc2c(Br)ccc(O)c2c1.O=Cc1ccc2c(CO)ccc(O)c2c1.O=Cc1ccc2c(O)ccc(O)c2c1.O=Cc1ccc2cc(O)ccc2c1.O=Cc1ccc2ccccc2c1. The zero-order chi connectivity index (χ0) is 67.3. The number of hydrogen-bond donors (Lipinski definition) is 11. The van der Waals surface area contributed by atoms with Gasteiger partial charge in [-0.3, -0.25) is 33.6 Å². The Kier molecular flexibility index (Phi) is 23.5. The molecule has 0 saturated heterocycles. The van der Waals surface area contributed by atoms with Gasteiger partial charge in [0.05, 0.1) is 12.2 Å². The van der Waals surface area contributed by atoms with Crippen molar-refractivity contribution >= 4 is 125 Å². The second-order valence-electron chi connectivity index (χ2n) is 20.1. The Labute approximate surface area is 537 Å². The highest BCUT2D eigenvalue weighted by molar-refractivity contribution is 9.10. The molecule has 0 aliphatic carbocycles. The molecule has 0 bridgehead atoms. The number of aliphatic hydroxyl groups excluding tert-OH is 1. The lowest BCUT2D eigenvalue weighted by Gasteiger charge is -2.06. The first kappa shape index (κ1) is 68.0. The summed E-state index contributed by atoms with van der Waals surface area (Å²) in [6.07, 6.45) is 4.88. The zero-order valence-corrected chi connectivity index (χ0v) is 50.2. The molecule has 466 valence electrons. The van der Waals surface area contributed by atoms with Gasteiger partial charge >= 0.3 is 0 Å². The number of aromatic hydroxyl groups is 10. The minimum atomic E-state index is -0.516. The monoisotopic (exact) mass is 1310 g/mol. The smallest absolute Gasteiger partial charge is 0.168 e. The number of fused-ring (bicyclic) bond motifs is 6. The summed E-state index contributed by atoms with van der Waals surface area (Å²) in [6, 6.07) is 58.0. The van der Waals surface area contributed by atoms with Crippen molar-refractivity contribution in [2.75, 3.05) is 0 Å². The van der Waals surface area contributed by atoms with Crippen LogP contribution in [-0.4, -0.2) is 100 Å². The highest BCUT2D eigenvalue weighted by Gasteiger charge is 2.10. The minimum absolute atomic E-state index is 0.000463. The van der Waals surface area contributed by atoms with E-state index < -0.39 is 11.5 Å². The molecule has 13 aromatic rings. The van der Waals surface area contributed by atoms with E-state index in [2.05, 4.69) is 15.9 Å². The molecule has 0 aliphatic heterocycles. The molecule has 0 unspecified atom stereocenters. The van der Waals surface area contributed by atoms with Crippen LogP contribution in [0.2, 0.25) is 0 Å². The number of phenolic OH excluding ortho intramolecular Hbond substituents is 10. The van der Waals surface area contributed by atoms with E-state index in [1.165, 1.54) is 47.9 Å². The zero-order valence-electron chi connectivity index (χ0n) is 48.6. The minimum Gasteiger partial charge on any atom is -0.508 e. The predicted molar refractivity (Wildman–Crippen MR) is 358 cm³/mol. The summed E-state index contributed by atoms with van der Waals surface area (Å²) in [5.41, 5.74) is 3.94.